The fraction of sp³-hybridized carbons (Fsp3) is 0.188. The first-order chi connectivity index (χ1) is 10.1. The van der Waals surface area contributed by atoms with E-state index < -0.39 is 0 Å². The lowest BCUT2D eigenvalue weighted by Crippen LogP contribution is -2.20. The zero-order valence-electron chi connectivity index (χ0n) is 11.5. The van der Waals surface area contributed by atoms with Gasteiger partial charge in [0.15, 0.2) is 6.61 Å². The topological polar surface area (TPSA) is 38.3 Å². The van der Waals surface area contributed by atoms with E-state index in [0.717, 1.165) is 12.1 Å². The van der Waals surface area contributed by atoms with Gasteiger partial charge in [0, 0.05) is 10.7 Å². The lowest BCUT2D eigenvalue weighted by atomic mass is 10.1. The maximum atomic E-state index is 11.8. The van der Waals surface area contributed by atoms with E-state index in [2.05, 4.69) is 12.2 Å². The first kappa shape index (κ1) is 15.7. The van der Waals surface area contributed by atoms with E-state index in [-0.39, 0.29) is 12.5 Å². The van der Waals surface area contributed by atoms with Gasteiger partial charge in [0.1, 0.15) is 5.75 Å². The van der Waals surface area contributed by atoms with E-state index >= 15 is 0 Å². The minimum absolute atomic E-state index is 0.114. The van der Waals surface area contributed by atoms with Gasteiger partial charge in [-0.15, -0.1) is 0 Å². The van der Waals surface area contributed by atoms with Gasteiger partial charge in [-0.2, -0.15) is 0 Å². The second-order valence-corrected chi connectivity index (χ2v) is 5.31. The van der Waals surface area contributed by atoms with Gasteiger partial charge in [-0.05, 0) is 42.3 Å². The zero-order chi connectivity index (χ0) is 15.2. The van der Waals surface area contributed by atoms with Crippen molar-refractivity contribution in [3.63, 3.8) is 0 Å². The Morgan fingerprint density at radius 2 is 1.86 bits per heavy atom. The Morgan fingerprint density at radius 3 is 2.48 bits per heavy atom. The lowest BCUT2D eigenvalue weighted by Gasteiger charge is -2.09. The summed E-state index contributed by atoms with van der Waals surface area (Å²) in [5.41, 5.74) is 1.96. The molecule has 2 rings (SSSR count). The van der Waals surface area contributed by atoms with E-state index in [4.69, 9.17) is 27.9 Å². The van der Waals surface area contributed by atoms with Crippen molar-refractivity contribution in [3.8, 4) is 5.75 Å². The summed E-state index contributed by atoms with van der Waals surface area (Å²) >= 11 is 11.8. The van der Waals surface area contributed by atoms with E-state index in [1.165, 1.54) is 5.56 Å². The average Bonchev–Trinajstić information content (AvgIpc) is 2.47. The normalized spacial score (nSPS) is 10.2. The highest BCUT2D eigenvalue weighted by Crippen LogP contribution is 2.27. The van der Waals surface area contributed by atoms with Crippen LogP contribution in [0.4, 0.5) is 5.69 Å². The van der Waals surface area contributed by atoms with Gasteiger partial charge >= 0.3 is 0 Å². The van der Waals surface area contributed by atoms with Crippen LogP contribution < -0.4 is 10.1 Å². The molecule has 0 aromatic heterocycles. The van der Waals surface area contributed by atoms with Crippen LogP contribution in [0.2, 0.25) is 10.0 Å². The molecule has 0 aliphatic carbocycles. The zero-order valence-corrected chi connectivity index (χ0v) is 13.0. The molecule has 0 fully saturated rings. The average molecular weight is 324 g/mol. The van der Waals surface area contributed by atoms with Crippen molar-refractivity contribution in [3.05, 3.63) is 58.1 Å². The van der Waals surface area contributed by atoms with E-state index in [1.54, 1.807) is 18.2 Å². The van der Waals surface area contributed by atoms with E-state index in [0.29, 0.717) is 15.8 Å². The molecule has 0 aliphatic rings. The second kappa shape index (κ2) is 7.34. The minimum Gasteiger partial charge on any atom is -0.482 e. The highest BCUT2D eigenvalue weighted by molar-refractivity contribution is 6.35. The summed E-state index contributed by atoms with van der Waals surface area (Å²) in [4.78, 5) is 11.8. The Morgan fingerprint density at radius 1 is 1.14 bits per heavy atom. The van der Waals surface area contributed by atoms with E-state index in [9.17, 15) is 4.79 Å². The largest absolute Gasteiger partial charge is 0.482 e. The van der Waals surface area contributed by atoms with Crippen molar-refractivity contribution in [2.24, 2.45) is 0 Å². The third-order valence-corrected chi connectivity index (χ3v) is 3.43. The van der Waals surface area contributed by atoms with Crippen molar-refractivity contribution in [1.29, 1.82) is 0 Å². The standard InChI is InChI=1S/C16H15Cl2NO2/c1-2-11-3-6-13(7-4-11)19-16(20)10-21-15-8-5-12(17)9-14(15)18/h3-9H,2,10H2,1H3,(H,19,20). The first-order valence-corrected chi connectivity index (χ1v) is 7.30. The maximum absolute atomic E-state index is 11.8. The Hall–Kier alpha value is -1.71. The van der Waals surface area contributed by atoms with Crippen molar-refractivity contribution < 1.29 is 9.53 Å². The molecule has 0 unspecified atom stereocenters. The molecule has 0 bridgehead atoms. The van der Waals surface area contributed by atoms with Crippen LogP contribution in [-0.4, -0.2) is 12.5 Å². The van der Waals surface area contributed by atoms with Gasteiger partial charge in [-0.25, -0.2) is 0 Å². The third-order valence-electron chi connectivity index (χ3n) is 2.90. The molecule has 1 amide bonds. The Balaban J connectivity index is 1.89. The number of halogens is 2. The molecule has 0 atom stereocenters. The summed E-state index contributed by atoms with van der Waals surface area (Å²) in [5, 5.41) is 3.66. The highest BCUT2D eigenvalue weighted by atomic mass is 35.5. The molecule has 110 valence electrons. The quantitative estimate of drug-likeness (QED) is 0.875. The van der Waals surface area contributed by atoms with Crippen LogP contribution in [0.5, 0.6) is 5.75 Å². The lowest BCUT2D eigenvalue weighted by molar-refractivity contribution is -0.118. The number of rotatable bonds is 5. The number of carbonyl (C=O) groups excluding carboxylic acids is 1. The SMILES string of the molecule is CCc1ccc(NC(=O)COc2ccc(Cl)cc2Cl)cc1. The van der Waals surface area contributed by atoms with Crippen LogP contribution in [-0.2, 0) is 11.2 Å². The van der Waals surface area contributed by atoms with Crippen LogP contribution in [0.25, 0.3) is 0 Å². The van der Waals surface area contributed by atoms with Gasteiger partial charge < -0.3 is 10.1 Å². The fourth-order valence-corrected chi connectivity index (χ4v) is 2.22. The molecule has 0 spiro atoms. The number of aryl methyl sites for hydroxylation is 1. The number of hydrogen-bond acceptors (Lipinski definition) is 2. The van der Waals surface area contributed by atoms with Gasteiger partial charge in [0.05, 0.1) is 5.02 Å². The number of amides is 1. The van der Waals surface area contributed by atoms with Crippen LogP contribution >= 0.6 is 23.2 Å². The molecule has 0 saturated heterocycles. The summed E-state index contributed by atoms with van der Waals surface area (Å²) in [6, 6.07) is 12.6. The molecular weight excluding hydrogens is 309 g/mol. The molecule has 0 saturated carbocycles. The summed E-state index contributed by atoms with van der Waals surface area (Å²) in [5.74, 6) is 0.183. The summed E-state index contributed by atoms with van der Waals surface area (Å²) in [6.45, 7) is 1.97. The first-order valence-electron chi connectivity index (χ1n) is 6.55. The Bertz CT molecular complexity index is 627. The van der Waals surface area contributed by atoms with E-state index in [1.807, 2.05) is 24.3 Å². The number of ether oxygens (including phenoxy) is 1. The van der Waals surface area contributed by atoms with Gasteiger partial charge in [-0.3, -0.25) is 4.79 Å². The smallest absolute Gasteiger partial charge is 0.262 e. The van der Waals surface area contributed by atoms with Crippen LogP contribution in [0.3, 0.4) is 0 Å². The summed E-state index contributed by atoms with van der Waals surface area (Å²) in [6.07, 6.45) is 0.965. The minimum atomic E-state index is -0.245. The number of anilines is 1. The summed E-state index contributed by atoms with van der Waals surface area (Å²) in [7, 11) is 0. The molecule has 3 nitrogen and oxygen atoms in total. The fourth-order valence-electron chi connectivity index (χ4n) is 1.76. The molecule has 5 heteroatoms. The maximum Gasteiger partial charge on any atom is 0.262 e. The summed E-state index contributed by atoms with van der Waals surface area (Å²) < 4.78 is 5.37. The third kappa shape index (κ3) is 4.66. The monoisotopic (exact) mass is 323 g/mol. The molecule has 1 N–H and O–H groups in total. The van der Waals surface area contributed by atoms with Crippen molar-refractivity contribution in [2.45, 2.75) is 13.3 Å². The Labute approximate surface area is 133 Å². The molecular formula is C16H15Cl2NO2. The van der Waals surface area contributed by atoms with Crippen molar-refractivity contribution in [2.75, 3.05) is 11.9 Å². The van der Waals surface area contributed by atoms with Gasteiger partial charge in [0.2, 0.25) is 0 Å². The van der Waals surface area contributed by atoms with Crippen molar-refractivity contribution in [1.82, 2.24) is 0 Å². The highest BCUT2D eigenvalue weighted by Gasteiger charge is 2.07. The molecule has 0 radical (unpaired) electrons. The van der Waals surface area contributed by atoms with Crippen molar-refractivity contribution >= 4 is 34.8 Å². The Kier molecular flexibility index (Phi) is 5.48. The van der Waals surface area contributed by atoms with Crippen LogP contribution in [0.15, 0.2) is 42.5 Å². The molecule has 2 aromatic rings. The number of carbonyl (C=O) groups is 1. The molecule has 2 aromatic carbocycles. The molecule has 0 heterocycles. The predicted octanol–water partition coefficient (Wildman–Crippen LogP) is 4.57. The molecule has 21 heavy (non-hydrogen) atoms. The predicted molar refractivity (Wildman–Crippen MR) is 86.4 cm³/mol. The van der Waals surface area contributed by atoms with Gasteiger partial charge in [-0.1, -0.05) is 42.3 Å². The number of benzene rings is 2. The second-order valence-electron chi connectivity index (χ2n) is 4.46. The number of hydrogen-bond donors (Lipinski definition) is 1. The van der Waals surface area contributed by atoms with Crippen LogP contribution in [0, 0.1) is 0 Å². The number of nitrogens with one attached hydrogen (secondary N) is 1. The van der Waals surface area contributed by atoms with Gasteiger partial charge in [0.25, 0.3) is 5.91 Å². The molecule has 0 aliphatic heterocycles. The van der Waals surface area contributed by atoms with Crippen LogP contribution in [0.1, 0.15) is 12.5 Å².